The Morgan fingerprint density at radius 3 is 2.88 bits per heavy atom. The Balaban J connectivity index is 2.50. The molecule has 0 radical (unpaired) electrons. The summed E-state index contributed by atoms with van der Waals surface area (Å²) in [5, 5.41) is 19.1. The summed E-state index contributed by atoms with van der Waals surface area (Å²) in [6, 6.07) is 0. The summed E-state index contributed by atoms with van der Waals surface area (Å²) in [4.78, 5) is 21.5. The van der Waals surface area contributed by atoms with Crippen LogP contribution in [0, 0.1) is 0 Å². The van der Waals surface area contributed by atoms with E-state index >= 15 is 0 Å². The lowest BCUT2D eigenvalue weighted by atomic mass is 10.4. The number of hydrogen-bond donors (Lipinski definition) is 1. The van der Waals surface area contributed by atoms with Crippen LogP contribution in [-0.4, -0.2) is 43.9 Å². The average molecular weight is 228 g/mol. The van der Waals surface area contributed by atoms with Crippen LogP contribution < -0.4 is 0 Å². The summed E-state index contributed by atoms with van der Waals surface area (Å²) in [6.07, 6.45) is -0.151. The van der Waals surface area contributed by atoms with Crippen LogP contribution in [0.3, 0.4) is 0 Å². The Kier molecular flexibility index (Phi) is 4.37. The predicted octanol–water partition coefficient (Wildman–Crippen LogP) is -0.747. The molecule has 88 valence electrons. The molecule has 0 amide bonds. The van der Waals surface area contributed by atoms with Gasteiger partial charge in [-0.2, -0.15) is 0 Å². The second-order valence-electron chi connectivity index (χ2n) is 2.94. The number of aryl methyl sites for hydroxylation is 1. The molecule has 1 N–H and O–H groups in total. The maximum absolute atomic E-state index is 11.1. The van der Waals surface area contributed by atoms with Crippen molar-refractivity contribution in [2.24, 2.45) is 0 Å². The van der Waals surface area contributed by atoms with Gasteiger partial charge < -0.3 is 9.84 Å². The van der Waals surface area contributed by atoms with E-state index in [4.69, 9.17) is 9.84 Å². The van der Waals surface area contributed by atoms with Crippen LogP contribution in [0.15, 0.2) is 0 Å². The van der Waals surface area contributed by atoms with E-state index in [1.54, 1.807) is 6.92 Å². The fourth-order valence-electron chi connectivity index (χ4n) is 1.09. The second-order valence-corrected chi connectivity index (χ2v) is 2.94. The molecule has 0 aliphatic rings. The third kappa shape index (κ3) is 3.64. The molecule has 0 atom stereocenters. The first-order valence-electron chi connectivity index (χ1n) is 4.76. The lowest BCUT2D eigenvalue weighted by molar-refractivity contribution is -0.143. The van der Waals surface area contributed by atoms with Crippen molar-refractivity contribution >= 4 is 11.9 Å². The van der Waals surface area contributed by atoms with Crippen molar-refractivity contribution in [1.29, 1.82) is 0 Å². The molecule has 1 aromatic rings. The van der Waals surface area contributed by atoms with Gasteiger partial charge in [0.2, 0.25) is 0 Å². The van der Waals surface area contributed by atoms with Crippen molar-refractivity contribution < 1.29 is 19.4 Å². The maximum Gasteiger partial charge on any atom is 0.311 e. The smallest absolute Gasteiger partial charge is 0.311 e. The molecule has 0 unspecified atom stereocenters. The molecule has 0 bridgehead atoms. The first kappa shape index (κ1) is 12.1. The summed E-state index contributed by atoms with van der Waals surface area (Å²) in [5.74, 6) is -1.16. The normalized spacial score (nSPS) is 10.1. The minimum atomic E-state index is -1.02. The topological polar surface area (TPSA) is 107 Å². The van der Waals surface area contributed by atoms with Gasteiger partial charge in [-0.25, -0.2) is 4.68 Å². The van der Waals surface area contributed by atoms with E-state index in [-0.39, 0.29) is 31.2 Å². The largest absolute Gasteiger partial charge is 0.481 e. The van der Waals surface area contributed by atoms with Gasteiger partial charge in [-0.3, -0.25) is 9.59 Å². The molecule has 0 aromatic carbocycles. The van der Waals surface area contributed by atoms with Crippen molar-refractivity contribution in [2.75, 3.05) is 6.61 Å². The van der Waals surface area contributed by atoms with Crippen LogP contribution in [-0.2, 0) is 27.3 Å². The second kappa shape index (κ2) is 5.79. The van der Waals surface area contributed by atoms with E-state index in [1.807, 2.05) is 0 Å². The van der Waals surface area contributed by atoms with E-state index in [9.17, 15) is 9.59 Å². The van der Waals surface area contributed by atoms with Crippen LogP contribution >= 0.6 is 0 Å². The number of aliphatic carboxylic acids is 1. The summed E-state index contributed by atoms with van der Waals surface area (Å²) in [5.41, 5.74) is 0. The third-order valence-corrected chi connectivity index (χ3v) is 1.75. The van der Waals surface area contributed by atoms with Crippen molar-refractivity contribution in [1.82, 2.24) is 20.2 Å². The van der Waals surface area contributed by atoms with Gasteiger partial charge in [-0.15, -0.1) is 5.10 Å². The minimum absolute atomic E-state index is 0.117. The molecule has 1 aromatic heterocycles. The molecule has 16 heavy (non-hydrogen) atoms. The molecule has 0 aliphatic heterocycles. The number of carbonyl (C=O) groups excluding carboxylic acids is 1. The highest BCUT2D eigenvalue weighted by Gasteiger charge is 2.11. The average Bonchev–Trinajstić information content (AvgIpc) is 2.62. The van der Waals surface area contributed by atoms with E-state index in [2.05, 4.69) is 15.5 Å². The minimum Gasteiger partial charge on any atom is -0.481 e. The Hall–Kier alpha value is -1.99. The molecule has 1 rings (SSSR count). The highest BCUT2D eigenvalue weighted by atomic mass is 16.5. The van der Waals surface area contributed by atoms with Gasteiger partial charge >= 0.3 is 11.9 Å². The Bertz CT molecular complexity index is 376. The van der Waals surface area contributed by atoms with Crippen molar-refractivity contribution in [3.8, 4) is 0 Å². The molecule has 1 heterocycles. The van der Waals surface area contributed by atoms with E-state index in [0.29, 0.717) is 6.61 Å². The van der Waals surface area contributed by atoms with Crippen molar-refractivity contribution in [3.63, 3.8) is 0 Å². The van der Waals surface area contributed by atoms with Crippen LogP contribution in [0.4, 0.5) is 0 Å². The van der Waals surface area contributed by atoms with Crippen LogP contribution in [0.25, 0.3) is 0 Å². The summed E-state index contributed by atoms with van der Waals surface area (Å²) >= 11 is 0. The first-order valence-corrected chi connectivity index (χ1v) is 4.76. The number of aromatic nitrogens is 4. The molecule has 0 spiro atoms. The molecule has 0 fully saturated rings. The van der Waals surface area contributed by atoms with Gasteiger partial charge in [0.15, 0.2) is 5.82 Å². The zero-order chi connectivity index (χ0) is 12.0. The molecular formula is C8H12N4O4. The number of tetrazole rings is 1. The highest BCUT2D eigenvalue weighted by molar-refractivity contribution is 5.69. The zero-order valence-electron chi connectivity index (χ0n) is 8.79. The standard InChI is InChI=1S/C8H12N4O4/c1-2-16-8(15)3-4-12-6(5-7(13)14)9-10-11-12/h2-5H2,1H3,(H,13,14). The van der Waals surface area contributed by atoms with Crippen LogP contribution in [0.2, 0.25) is 0 Å². The number of ether oxygens (including phenoxy) is 1. The number of carboxylic acid groups (broad SMARTS) is 1. The van der Waals surface area contributed by atoms with Crippen LogP contribution in [0.5, 0.6) is 0 Å². The van der Waals surface area contributed by atoms with Gasteiger partial charge in [0, 0.05) is 0 Å². The van der Waals surface area contributed by atoms with E-state index in [0.717, 1.165) is 0 Å². The van der Waals surface area contributed by atoms with Crippen LogP contribution in [0.1, 0.15) is 19.2 Å². The molecular weight excluding hydrogens is 216 g/mol. The van der Waals surface area contributed by atoms with Gasteiger partial charge in [-0.1, -0.05) is 0 Å². The van der Waals surface area contributed by atoms with Crippen molar-refractivity contribution in [3.05, 3.63) is 5.82 Å². The number of carboxylic acids is 1. The predicted molar refractivity (Wildman–Crippen MR) is 50.4 cm³/mol. The van der Waals surface area contributed by atoms with Crippen molar-refractivity contribution in [2.45, 2.75) is 26.3 Å². The molecule has 0 aliphatic carbocycles. The molecule has 8 nitrogen and oxygen atoms in total. The van der Waals surface area contributed by atoms with Gasteiger partial charge in [0.1, 0.15) is 6.42 Å². The Morgan fingerprint density at radius 1 is 1.50 bits per heavy atom. The van der Waals surface area contributed by atoms with Gasteiger partial charge in [0.05, 0.1) is 19.6 Å². The van der Waals surface area contributed by atoms with E-state index < -0.39 is 5.97 Å². The number of carbonyl (C=O) groups is 2. The number of hydrogen-bond acceptors (Lipinski definition) is 6. The summed E-state index contributed by atoms with van der Waals surface area (Å²) in [7, 11) is 0. The summed E-state index contributed by atoms with van der Waals surface area (Å²) in [6.45, 7) is 2.25. The SMILES string of the molecule is CCOC(=O)CCn1nnnc1CC(=O)O. The fraction of sp³-hybridized carbons (Fsp3) is 0.625. The molecule has 0 saturated heterocycles. The quantitative estimate of drug-likeness (QED) is 0.638. The molecule has 0 saturated carbocycles. The number of esters is 1. The Morgan fingerprint density at radius 2 is 2.25 bits per heavy atom. The third-order valence-electron chi connectivity index (χ3n) is 1.75. The van der Waals surface area contributed by atoms with Gasteiger partial charge in [-0.05, 0) is 17.4 Å². The maximum atomic E-state index is 11.1. The first-order chi connectivity index (χ1) is 7.63. The fourth-order valence-corrected chi connectivity index (χ4v) is 1.09. The highest BCUT2D eigenvalue weighted by Crippen LogP contribution is 1.97. The molecule has 8 heteroatoms. The summed E-state index contributed by atoms with van der Waals surface area (Å²) < 4.78 is 6.01. The lowest BCUT2D eigenvalue weighted by Gasteiger charge is -2.02. The number of nitrogens with zero attached hydrogens (tertiary/aromatic N) is 4. The lowest BCUT2D eigenvalue weighted by Crippen LogP contribution is -2.14. The zero-order valence-corrected chi connectivity index (χ0v) is 8.79. The Labute approximate surface area is 91.2 Å². The monoisotopic (exact) mass is 228 g/mol. The van der Waals surface area contributed by atoms with E-state index in [1.165, 1.54) is 4.68 Å². The number of rotatable bonds is 6. The van der Waals surface area contributed by atoms with Gasteiger partial charge in [0.25, 0.3) is 0 Å².